The van der Waals surface area contributed by atoms with Crippen molar-refractivity contribution in [3.05, 3.63) is 158 Å². The van der Waals surface area contributed by atoms with E-state index in [0.29, 0.717) is 0 Å². The first kappa shape index (κ1) is 24.8. The van der Waals surface area contributed by atoms with E-state index in [1.165, 1.54) is 80.6 Å². The van der Waals surface area contributed by atoms with E-state index in [4.69, 9.17) is 0 Å². The normalized spacial score (nSPS) is 12.0. The highest BCUT2D eigenvalue weighted by atomic mass is 32.1. The molecule has 0 N–H and O–H groups in total. The molecule has 0 atom stereocenters. The highest BCUT2D eigenvalue weighted by Crippen LogP contribution is 2.44. The Labute approximate surface area is 263 Å². The van der Waals surface area contributed by atoms with Gasteiger partial charge in [0.05, 0.1) is 27.8 Å². The third-order valence-corrected chi connectivity index (χ3v) is 10.5. The lowest BCUT2D eigenvalue weighted by Gasteiger charge is -2.15. The Kier molecular flexibility index (Phi) is 5.19. The number of thiophene rings is 1. The number of nitrogens with zero attached hydrogens (tertiary/aromatic N) is 2. The van der Waals surface area contributed by atoms with E-state index in [-0.39, 0.29) is 0 Å². The lowest BCUT2D eigenvalue weighted by molar-refractivity contribution is 1.17. The monoisotopic (exact) mass is 590 g/mol. The minimum Gasteiger partial charge on any atom is -0.309 e. The SMILES string of the molecule is c1cc(-c2ccccc2-n2c3ccccc3c3ccccc32)cc(-n2c3ccccc3c3c4c(ccc32)sc2ccccc24)c1. The number of benzene rings is 7. The van der Waals surface area contributed by atoms with Crippen molar-refractivity contribution in [3.8, 4) is 22.5 Å². The quantitative estimate of drug-likeness (QED) is 0.194. The lowest BCUT2D eigenvalue weighted by atomic mass is 10.0. The number of hydrogen-bond acceptors (Lipinski definition) is 1. The van der Waals surface area contributed by atoms with E-state index in [2.05, 4.69) is 167 Å². The number of fused-ring (bicyclic) bond motifs is 10. The van der Waals surface area contributed by atoms with E-state index in [1.54, 1.807) is 0 Å². The van der Waals surface area contributed by atoms with Gasteiger partial charge in [-0.25, -0.2) is 0 Å². The maximum atomic E-state index is 2.45. The molecule has 45 heavy (non-hydrogen) atoms. The van der Waals surface area contributed by atoms with Gasteiger partial charge < -0.3 is 9.13 Å². The molecular weight excluding hydrogens is 565 g/mol. The van der Waals surface area contributed by atoms with Crippen LogP contribution in [0.25, 0.3) is 86.3 Å². The first-order chi connectivity index (χ1) is 22.3. The van der Waals surface area contributed by atoms with Crippen LogP contribution in [0.2, 0.25) is 0 Å². The van der Waals surface area contributed by atoms with Crippen LogP contribution in [0.15, 0.2) is 158 Å². The summed E-state index contributed by atoms with van der Waals surface area (Å²) in [5.41, 5.74) is 9.64. The van der Waals surface area contributed by atoms with Gasteiger partial charge in [0.1, 0.15) is 0 Å². The molecule has 0 bridgehead atoms. The maximum absolute atomic E-state index is 2.45. The van der Waals surface area contributed by atoms with Gasteiger partial charge in [0.15, 0.2) is 0 Å². The van der Waals surface area contributed by atoms with Gasteiger partial charge in [-0.1, -0.05) is 103 Å². The fraction of sp³-hybridized carbons (Fsp3) is 0. The second-order valence-electron chi connectivity index (χ2n) is 11.7. The molecule has 0 saturated heterocycles. The molecule has 0 unspecified atom stereocenters. The summed E-state index contributed by atoms with van der Waals surface area (Å²) >= 11 is 1.88. The Balaban J connectivity index is 1.24. The van der Waals surface area contributed by atoms with Crippen LogP contribution in [-0.2, 0) is 0 Å². The maximum Gasteiger partial charge on any atom is 0.0548 e. The highest BCUT2D eigenvalue weighted by Gasteiger charge is 2.19. The van der Waals surface area contributed by atoms with Gasteiger partial charge in [0.2, 0.25) is 0 Å². The second kappa shape index (κ2) is 9.43. The van der Waals surface area contributed by atoms with Gasteiger partial charge in [-0.2, -0.15) is 0 Å². The summed E-state index contributed by atoms with van der Waals surface area (Å²) in [5.74, 6) is 0. The van der Waals surface area contributed by atoms with Crippen LogP contribution in [0.4, 0.5) is 0 Å². The van der Waals surface area contributed by atoms with Crippen molar-refractivity contribution >= 4 is 75.1 Å². The van der Waals surface area contributed by atoms with E-state index in [1.807, 2.05) is 11.3 Å². The van der Waals surface area contributed by atoms with Crippen molar-refractivity contribution < 1.29 is 0 Å². The zero-order valence-corrected chi connectivity index (χ0v) is 25.1. The molecule has 0 aliphatic rings. The summed E-state index contributed by atoms with van der Waals surface area (Å²) in [5, 5.41) is 7.86. The van der Waals surface area contributed by atoms with E-state index >= 15 is 0 Å². The molecule has 7 aromatic carbocycles. The van der Waals surface area contributed by atoms with Crippen LogP contribution in [0.5, 0.6) is 0 Å². The topological polar surface area (TPSA) is 9.86 Å². The zero-order valence-electron chi connectivity index (χ0n) is 24.3. The Morgan fingerprint density at radius 2 is 1.00 bits per heavy atom. The molecule has 0 fully saturated rings. The van der Waals surface area contributed by atoms with Crippen LogP contribution >= 0.6 is 11.3 Å². The fourth-order valence-electron chi connectivity index (χ4n) is 7.46. The van der Waals surface area contributed by atoms with Crippen molar-refractivity contribution in [3.63, 3.8) is 0 Å². The van der Waals surface area contributed by atoms with Crippen LogP contribution < -0.4 is 0 Å². The lowest BCUT2D eigenvalue weighted by Crippen LogP contribution is -1.98. The van der Waals surface area contributed by atoms with Crippen molar-refractivity contribution in [2.75, 3.05) is 0 Å². The number of hydrogen-bond donors (Lipinski definition) is 0. The molecule has 0 saturated carbocycles. The third kappa shape index (κ3) is 3.50. The average molecular weight is 591 g/mol. The Hall–Kier alpha value is -5.64. The highest BCUT2D eigenvalue weighted by molar-refractivity contribution is 7.26. The smallest absolute Gasteiger partial charge is 0.0548 e. The van der Waals surface area contributed by atoms with Gasteiger partial charge in [-0.05, 0) is 60.2 Å². The van der Waals surface area contributed by atoms with Crippen LogP contribution in [0, 0.1) is 0 Å². The summed E-state index contributed by atoms with van der Waals surface area (Å²) in [4.78, 5) is 0. The first-order valence-corrected chi connectivity index (χ1v) is 16.2. The molecule has 3 aromatic heterocycles. The molecule has 0 spiro atoms. The molecule has 10 rings (SSSR count). The molecule has 3 heteroatoms. The minimum absolute atomic E-state index is 1.16. The van der Waals surface area contributed by atoms with Crippen LogP contribution in [0.3, 0.4) is 0 Å². The van der Waals surface area contributed by atoms with Crippen LogP contribution in [-0.4, -0.2) is 9.13 Å². The van der Waals surface area contributed by atoms with Gasteiger partial charge in [0, 0.05) is 53.0 Å². The molecule has 10 aromatic rings. The zero-order chi connectivity index (χ0) is 29.5. The number of para-hydroxylation sites is 4. The van der Waals surface area contributed by atoms with Crippen molar-refractivity contribution in [1.82, 2.24) is 9.13 Å². The fourth-order valence-corrected chi connectivity index (χ4v) is 8.57. The van der Waals surface area contributed by atoms with Gasteiger partial charge in [0.25, 0.3) is 0 Å². The van der Waals surface area contributed by atoms with Crippen molar-refractivity contribution in [1.29, 1.82) is 0 Å². The third-order valence-electron chi connectivity index (χ3n) is 9.32. The molecule has 0 aliphatic carbocycles. The molecule has 2 nitrogen and oxygen atoms in total. The predicted molar refractivity (Wildman–Crippen MR) is 193 cm³/mol. The van der Waals surface area contributed by atoms with Gasteiger partial charge in [-0.3, -0.25) is 0 Å². The Morgan fingerprint density at radius 1 is 0.378 bits per heavy atom. The van der Waals surface area contributed by atoms with E-state index in [9.17, 15) is 0 Å². The predicted octanol–water partition coefficient (Wildman–Crippen LogP) is 11.9. The van der Waals surface area contributed by atoms with Gasteiger partial charge in [-0.15, -0.1) is 11.3 Å². The van der Waals surface area contributed by atoms with Gasteiger partial charge >= 0.3 is 0 Å². The summed E-state index contributed by atoms with van der Waals surface area (Å²) in [6.45, 7) is 0. The summed E-state index contributed by atoms with van der Waals surface area (Å²) < 4.78 is 7.54. The van der Waals surface area contributed by atoms with Crippen molar-refractivity contribution in [2.24, 2.45) is 0 Å². The summed E-state index contributed by atoms with van der Waals surface area (Å²) in [7, 11) is 0. The molecule has 0 aliphatic heterocycles. The van der Waals surface area contributed by atoms with Crippen LogP contribution in [0.1, 0.15) is 0 Å². The average Bonchev–Trinajstić information content (AvgIpc) is 3.76. The van der Waals surface area contributed by atoms with Crippen molar-refractivity contribution in [2.45, 2.75) is 0 Å². The molecule has 0 amide bonds. The summed E-state index contributed by atoms with van der Waals surface area (Å²) in [6.07, 6.45) is 0. The summed E-state index contributed by atoms with van der Waals surface area (Å²) in [6, 6.07) is 57.6. The standard InChI is InChI=1S/C42H26N2S/c1-6-19-34(44-35-20-7-2-15-30(35)31-16-3-8-21-36(31)44)29(14-1)27-12-11-13-28(26-27)43-37-22-9-4-17-32(37)41-38(43)24-25-40-42(41)33-18-5-10-23-39(33)45-40/h1-26H. The molecule has 0 radical (unpaired) electrons. The Bertz CT molecular complexity index is 2720. The molecular formula is C42H26N2S. The first-order valence-electron chi connectivity index (χ1n) is 15.4. The second-order valence-corrected chi connectivity index (χ2v) is 12.8. The van der Waals surface area contributed by atoms with E-state index < -0.39 is 0 Å². The van der Waals surface area contributed by atoms with E-state index in [0.717, 1.165) is 5.69 Å². The largest absolute Gasteiger partial charge is 0.309 e. The molecule has 3 heterocycles. The number of rotatable bonds is 3. The minimum atomic E-state index is 1.16. The molecule has 210 valence electrons. The number of aromatic nitrogens is 2. The Morgan fingerprint density at radius 3 is 1.78 bits per heavy atom.